The molecule has 0 heterocycles. The van der Waals surface area contributed by atoms with Gasteiger partial charge in [-0.2, -0.15) is 0 Å². The zero-order valence-electron chi connectivity index (χ0n) is 15.2. The molecule has 0 fully saturated rings. The molecule has 0 aromatic heterocycles. The van der Waals surface area contributed by atoms with Gasteiger partial charge in [-0.3, -0.25) is 4.79 Å². The number of hydrogen-bond donors (Lipinski definition) is 1. The Balaban J connectivity index is 1.73. The van der Waals surface area contributed by atoms with Crippen molar-refractivity contribution in [2.24, 2.45) is 0 Å². The number of carbonyl (C=O) groups is 1. The molecule has 0 aliphatic heterocycles. The second-order valence-electron chi connectivity index (χ2n) is 6.94. The number of halogens is 2. The number of rotatable bonds is 7. The SMILES string of the molecule is Cc1cc(CCC(=O)O)ccc1OCC1=C(c2ccccc2)CC(F)(F)C1. The number of aryl methyl sites for hydroxylation is 2. The van der Waals surface area contributed by atoms with Gasteiger partial charge >= 0.3 is 5.97 Å². The first-order valence-electron chi connectivity index (χ1n) is 8.92. The lowest BCUT2D eigenvalue weighted by Crippen LogP contribution is -2.11. The van der Waals surface area contributed by atoms with Crippen LogP contribution in [-0.4, -0.2) is 23.6 Å². The molecule has 1 aliphatic rings. The number of ether oxygens (including phenoxy) is 1. The summed E-state index contributed by atoms with van der Waals surface area (Å²) in [7, 11) is 0. The van der Waals surface area contributed by atoms with Gasteiger partial charge in [0, 0.05) is 19.3 Å². The van der Waals surface area contributed by atoms with Crippen molar-refractivity contribution in [1.29, 1.82) is 0 Å². The highest BCUT2D eigenvalue weighted by atomic mass is 19.3. The fraction of sp³-hybridized carbons (Fsp3) is 0.318. The molecule has 1 aliphatic carbocycles. The molecule has 3 nitrogen and oxygen atoms in total. The Hall–Kier alpha value is -2.69. The lowest BCUT2D eigenvalue weighted by Gasteiger charge is -2.13. The molecule has 3 rings (SSSR count). The molecule has 2 aromatic rings. The smallest absolute Gasteiger partial charge is 0.303 e. The standard InChI is InChI=1S/C22H22F2O3/c1-15-11-16(8-10-21(25)26)7-9-20(15)27-14-18-12-22(23,24)13-19(18)17-5-3-2-4-6-17/h2-7,9,11H,8,10,12-14H2,1H3,(H,25,26). The van der Waals surface area contributed by atoms with E-state index in [-0.39, 0.29) is 25.9 Å². The Bertz CT molecular complexity index is 857. The molecule has 5 heteroatoms. The molecule has 1 N–H and O–H groups in total. The van der Waals surface area contributed by atoms with Crippen molar-refractivity contribution in [2.45, 2.75) is 38.5 Å². The van der Waals surface area contributed by atoms with E-state index in [1.807, 2.05) is 49.4 Å². The van der Waals surface area contributed by atoms with Gasteiger partial charge in [-0.25, -0.2) is 8.78 Å². The number of alkyl halides is 2. The van der Waals surface area contributed by atoms with Crippen molar-refractivity contribution in [3.63, 3.8) is 0 Å². The summed E-state index contributed by atoms with van der Waals surface area (Å²) < 4.78 is 33.8. The topological polar surface area (TPSA) is 46.5 Å². The van der Waals surface area contributed by atoms with Crippen molar-refractivity contribution in [3.05, 3.63) is 70.8 Å². The van der Waals surface area contributed by atoms with E-state index in [0.717, 1.165) is 16.7 Å². The zero-order valence-corrected chi connectivity index (χ0v) is 15.2. The summed E-state index contributed by atoms with van der Waals surface area (Å²) in [5.41, 5.74) is 3.88. The van der Waals surface area contributed by atoms with Crippen LogP contribution in [0, 0.1) is 6.92 Å². The van der Waals surface area contributed by atoms with Gasteiger partial charge in [-0.15, -0.1) is 0 Å². The maximum absolute atomic E-state index is 14.0. The van der Waals surface area contributed by atoms with Crippen LogP contribution in [0.1, 0.15) is 36.0 Å². The highest BCUT2D eigenvalue weighted by molar-refractivity contribution is 5.72. The quantitative estimate of drug-likeness (QED) is 0.720. The van der Waals surface area contributed by atoms with Crippen LogP contribution in [-0.2, 0) is 11.2 Å². The minimum absolute atomic E-state index is 0.0715. The number of aliphatic carboxylic acids is 1. The van der Waals surface area contributed by atoms with Crippen LogP contribution in [0.25, 0.3) is 5.57 Å². The predicted octanol–water partition coefficient (Wildman–Crippen LogP) is 5.27. The first-order valence-corrected chi connectivity index (χ1v) is 8.92. The maximum atomic E-state index is 14.0. The van der Waals surface area contributed by atoms with Crippen LogP contribution in [0.4, 0.5) is 8.78 Å². The Morgan fingerprint density at radius 1 is 1.15 bits per heavy atom. The lowest BCUT2D eigenvalue weighted by atomic mass is 10.0. The van der Waals surface area contributed by atoms with Gasteiger partial charge < -0.3 is 9.84 Å². The fourth-order valence-electron chi connectivity index (χ4n) is 3.39. The van der Waals surface area contributed by atoms with Gasteiger partial charge in [-0.05, 0) is 47.2 Å². The van der Waals surface area contributed by atoms with Gasteiger partial charge in [0.2, 0.25) is 0 Å². The molecule has 0 radical (unpaired) electrons. The minimum atomic E-state index is -2.74. The Kier molecular flexibility index (Phi) is 5.59. The molecular formula is C22H22F2O3. The van der Waals surface area contributed by atoms with E-state index in [0.29, 0.717) is 23.3 Å². The lowest BCUT2D eigenvalue weighted by molar-refractivity contribution is -0.136. The van der Waals surface area contributed by atoms with E-state index >= 15 is 0 Å². The highest BCUT2D eigenvalue weighted by Gasteiger charge is 2.39. The van der Waals surface area contributed by atoms with Gasteiger partial charge in [0.1, 0.15) is 12.4 Å². The first kappa shape index (κ1) is 19.1. The summed E-state index contributed by atoms with van der Waals surface area (Å²) in [6.45, 7) is 1.99. The number of allylic oxidation sites excluding steroid dienone is 1. The van der Waals surface area contributed by atoms with Gasteiger partial charge in [0.15, 0.2) is 0 Å². The molecule has 0 spiro atoms. The molecule has 0 atom stereocenters. The fourth-order valence-corrected chi connectivity index (χ4v) is 3.39. The van der Waals surface area contributed by atoms with E-state index in [1.54, 1.807) is 6.07 Å². The van der Waals surface area contributed by atoms with Crippen molar-refractivity contribution < 1.29 is 23.4 Å². The summed E-state index contributed by atoms with van der Waals surface area (Å²) in [6.07, 6.45) is -0.0240. The van der Waals surface area contributed by atoms with E-state index < -0.39 is 11.9 Å². The molecule has 0 saturated carbocycles. The number of carboxylic acid groups (broad SMARTS) is 1. The molecule has 27 heavy (non-hydrogen) atoms. The molecule has 2 aromatic carbocycles. The second-order valence-corrected chi connectivity index (χ2v) is 6.94. The summed E-state index contributed by atoms with van der Waals surface area (Å²) in [5.74, 6) is -2.95. The van der Waals surface area contributed by atoms with Gasteiger partial charge in [0.25, 0.3) is 5.92 Å². The largest absolute Gasteiger partial charge is 0.489 e. The molecule has 0 amide bonds. The van der Waals surface area contributed by atoms with Crippen LogP contribution in [0.2, 0.25) is 0 Å². The number of carboxylic acids is 1. The van der Waals surface area contributed by atoms with E-state index in [4.69, 9.17) is 9.84 Å². The molecule has 0 unspecified atom stereocenters. The average molecular weight is 372 g/mol. The first-order chi connectivity index (χ1) is 12.8. The maximum Gasteiger partial charge on any atom is 0.303 e. The minimum Gasteiger partial charge on any atom is -0.489 e. The summed E-state index contributed by atoms with van der Waals surface area (Å²) in [5, 5.41) is 8.77. The molecular weight excluding hydrogens is 350 g/mol. The molecule has 0 saturated heterocycles. The van der Waals surface area contributed by atoms with Gasteiger partial charge in [-0.1, -0.05) is 42.5 Å². The summed E-state index contributed by atoms with van der Waals surface area (Å²) in [4.78, 5) is 10.7. The van der Waals surface area contributed by atoms with Crippen LogP contribution in [0.3, 0.4) is 0 Å². The number of benzene rings is 2. The van der Waals surface area contributed by atoms with E-state index in [9.17, 15) is 13.6 Å². The zero-order chi connectivity index (χ0) is 19.4. The molecule has 142 valence electrons. The van der Waals surface area contributed by atoms with Crippen LogP contribution in [0.15, 0.2) is 54.1 Å². The highest BCUT2D eigenvalue weighted by Crippen LogP contribution is 2.44. The number of hydrogen-bond acceptors (Lipinski definition) is 2. The van der Waals surface area contributed by atoms with Crippen LogP contribution in [0.5, 0.6) is 5.75 Å². The third-order valence-electron chi connectivity index (χ3n) is 4.73. The van der Waals surface area contributed by atoms with Crippen LogP contribution < -0.4 is 4.74 Å². The van der Waals surface area contributed by atoms with E-state index in [1.165, 1.54) is 0 Å². The van der Waals surface area contributed by atoms with E-state index in [2.05, 4.69) is 0 Å². The average Bonchev–Trinajstić information content (AvgIpc) is 2.94. The normalized spacial score (nSPS) is 15.8. The van der Waals surface area contributed by atoms with Crippen molar-refractivity contribution in [1.82, 2.24) is 0 Å². The Morgan fingerprint density at radius 2 is 1.89 bits per heavy atom. The summed E-state index contributed by atoms with van der Waals surface area (Å²) >= 11 is 0. The van der Waals surface area contributed by atoms with Crippen LogP contribution >= 0.6 is 0 Å². The van der Waals surface area contributed by atoms with Crippen molar-refractivity contribution in [3.8, 4) is 5.75 Å². The van der Waals surface area contributed by atoms with Gasteiger partial charge in [0.05, 0.1) is 0 Å². The van der Waals surface area contributed by atoms with Crippen molar-refractivity contribution >= 4 is 11.5 Å². The second kappa shape index (κ2) is 7.91. The monoisotopic (exact) mass is 372 g/mol. The summed E-state index contributed by atoms with van der Waals surface area (Å²) in [6, 6.07) is 14.7. The Labute approximate surface area is 157 Å². The third-order valence-corrected chi connectivity index (χ3v) is 4.73. The van der Waals surface area contributed by atoms with Crippen molar-refractivity contribution in [2.75, 3.05) is 6.61 Å². The molecule has 0 bridgehead atoms. The predicted molar refractivity (Wildman–Crippen MR) is 100 cm³/mol. The Morgan fingerprint density at radius 3 is 2.56 bits per heavy atom. The third kappa shape index (κ3) is 4.94.